The van der Waals surface area contributed by atoms with E-state index in [9.17, 15) is 22.8 Å². The summed E-state index contributed by atoms with van der Waals surface area (Å²) in [5.41, 5.74) is 4.16. The van der Waals surface area contributed by atoms with Crippen LogP contribution < -0.4 is 10.7 Å². The topological polar surface area (TPSA) is 70.6 Å². The van der Waals surface area contributed by atoms with Crippen molar-refractivity contribution in [2.24, 2.45) is 5.10 Å². The highest BCUT2D eigenvalue weighted by Crippen LogP contribution is 2.35. The maximum atomic E-state index is 12.5. The zero-order valence-corrected chi connectivity index (χ0v) is 17.3. The quantitative estimate of drug-likeness (QED) is 0.403. The monoisotopic (exact) mass is 453 g/mol. The molecule has 1 heterocycles. The predicted molar refractivity (Wildman–Crippen MR) is 112 cm³/mol. The van der Waals surface area contributed by atoms with Gasteiger partial charge in [-0.05, 0) is 43.2 Å². The average Bonchev–Trinajstić information content (AvgIpc) is 3.01. The number of rotatable bonds is 4. The van der Waals surface area contributed by atoms with Crippen LogP contribution in [0.3, 0.4) is 0 Å². The normalized spacial score (nSPS) is 12.1. The van der Waals surface area contributed by atoms with Gasteiger partial charge in [0.2, 0.25) is 0 Å². The number of halogens is 4. The summed E-state index contributed by atoms with van der Waals surface area (Å²) in [6, 6.07) is 11.4. The summed E-state index contributed by atoms with van der Waals surface area (Å²) in [5.74, 6) is -2.57. The van der Waals surface area contributed by atoms with Crippen molar-refractivity contribution < 1.29 is 22.8 Å². The Morgan fingerprint density at radius 1 is 1.13 bits per heavy atom. The molecule has 5 nitrogen and oxygen atoms in total. The molecule has 0 aliphatic heterocycles. The predicted octanol–water partition coefficient (Wildman–Crippen LogP) is 5.52. The molecule has 0 saturated heterocycles. The second kappa shape index (κ2) is 8.45. The number of hydrogen-bond donors (Lipinski definition) is 2. The summed E-state index contributed by atoms with van der Waals surface area (Å²) in [5, 5.41) is 6.87. The van der Waals surface area contributed by atoms with Crippen molar-refractivity contribution in [3.63, 3.8) is 0 Å². The van der Waals surface area contributed by atoms with E-state index in [1.54, 1.807) is 18.3 Å². The van der Waals surface area contributed by atoms with Crippen molar-refractivity contribution in [3.05, 3.63) is 63.5 Å². The summed E-state index contributed by atoms with van der Waals surface area (Å²) in [7, 11) is 0. The standard InChI is InChI=1S/C20H15ClF3N3O2S/c1-10-6-7-14-15(8-10)30-17(16(14)21)18(28)27-26-11(2)12-4-3-5-13(9-12)25-19(29)20(22,23)24/h3-9H,1-2H3,(H,25,29)(H,27,28)/b26-11-. The van der Waals surface area contributed by atoms with Gasteiger partial charge in [-0.2, -0.15) is 18.3 Å². The lowest BCUT2D eigenvalue weighted by atomic mass is 10.1. The van der Waals surface area contributed by atoms with Gasteiger partial charge >= 0.3 is 12.1 Å². The molecular formula is C20H15ClF3N3O2S. The number of aryl methyl sites for hydroxylation is 1. The van der Waals surface area contributed by atoms with Crippen LogP contribution in [0.2, 0.25) is 5.02 Å². The SMILES string of the molecule is C/C(=N/NC(=O)c1sc2cc(C)ccc2c1Cl)c1cccc(NC(=O)C(F)(F)F)c1. The molecule has 2 N–H and O–H groups in total. The summed E-state index contributed by atoms with van der Waals surface area (Å²) in [4.78, 5) is 23.9. The van der Waals surface area contributed by atoms with Gasteiger partial charge in [0.05, 0.1) is 10.7 Å². The number of benzene rings is 2. The van der Waals surface area contributed by atoms with E-state index in [-0.39, 0.29) is 5.69 Å². The minimum absolute atomic E-state index is 0.0429. The maximum absolute atomic E-state index is 12.5. The van der Waals surface area contributed by atoms with Gasteiger partial charge in [0.25, 0.3) is 5.91 Å². The Morgan fingerprint density at radius 3 is 2.57 bits per heavy atom. The largest absolute Gasteiger partial charge is 0.471 e. The zero-order valence-electron chi connectivity index (χ0n) is 15.7. The third-order valence-electron chi connectivity index (χ3n) is 4.11. The first-order chi connectivity index (χ1) is 14.1. The molecule has 3 aromatic rings. The molecule has 2 amide bonds. The zero-order chi connectivity index (χ0) is 22.1. The fourth-order valence-corrected chi connectivity index (χ4v) is 4.10. The Hall–Kier alpha value is -2.91. The Balaban J connectivity index is 1.77. The summed E-state index contributed by atoms with van der Waals surface area (Å²) >= 11 is 7.55. The van der Waals surface area contributed by atoms with E-state index >= 15 is 0 Å². The van der Waals surface area contributed by atoms with Crippen molar-refractivity contribution in [1.82, 2.24) is 5.43 Å². The third kappa shape index (κ3) is 4.80. The Bertz CT molecular complexity index is 1170. The van der Waals surface area contributed by atoms with E-state index in [0.29, 0.717) is 21.2 Å². The van der Waals surface area contributed by atoms with E-state index in [0.717, 1.165) is 15.6 Å². The van der Waals surface area contributed by atoms with Crippen molar-refractivity contribution in [2.45, 2.75) is 20.0 Å². The number of amides is 2. The lowest BCUT2D eigenvalue weighted by Gasteiger charge is -2.09. The lowest BCUT2D eigenvalue weighted by Crippen LogP contribution is -2.29. The van der Waals surface area contributed by atoms with Crippen LogP contribution in [0.1, 0.15) is 27.7 Å². The van der Waals surface area contributed by atoms with Crippen LogP contribution in [-0.2, 0) is 4.79 Å². The second-order valence-corrected chi connectivity index (χ2v) is 7.85. The van der Waals surface area contributed by atoms with Crippen molar-refractivity contribution in [3.8, 4) is 0 Å². The molecule has 0 unspecified atom stereocenters. The van der Waals surface area contributed by atoms with E-state index in [1.165, 1.54) is 29.5 Å². The van der Waals surface area contributed by atoms with Crippen LogP contribution in [0.5, 0.6) is 0 Å². The Labute approximate surface area is 178 Å². The molecular weight excluding hydrogens is 439 g/mol. The van der Waals surface area contributed by atoms with Crippen LogP contribution >= 0.6 is 22.9 Å². The maximum Gasteiger partial charge on any atom is 0.471 e. The highest BCUT2D eigenvalue weighted by Gasteiger charge is 2.38. The van der Waals surface area contributed by atoms with Gasteiger partial charge in [-0.1, -0.05) is 35.9 Å². The van der Waals surface area contributed by atoms with Gasteiger partial charge in [0.1, 0.15) is 4.88 Å². The minimum atomic E-state index is -4.99. The molecule has 2 aromatic carbocycles. The average molecular weight is 454 g/mol. The molecule has 3 rings (SSSR count). The number of hydrazone groups is 1. The number of fused-ring (bicyclic) bond motifs is 1. The van der Waals surface area contributed by atoms with Crippen LogP contribution in [0.15, 0.2) is 47.6 Å². The first-order valence-electron chi connectivity index (χ1n) is 8.58. The minimum Gasteiger partial charge on any atom is -0.318 e. The van der Waals surface area contributed by atoms with Crippen molar-refractivity contribution in [2.75, 3.05) is 5.32 Å². The molecule has 0 aliphatic carbocycles. The second-order valence-electron chi connectivity index (χ2n) is 6.42. The van der Waals surface area contributed by atoms with Gasteiger partial charge in [0.15, 0.2) is 0 Å². The summed E-state index contributed by atoms with van der Waals surface area (Å²) < 4.78 is 38.1. The van der Waals surface area contributed by atoms with Gasteiger partial charge in [0, 0.05) is 15.8 Å². The Kier molecular flexibility index (Phi) is 6.14. The number of anilines is 1. The summed E-state index contributed by atoms with van der Waals surface area (Å²) in [6.45, 7) is 3.51. The number of carbonyl (C=O) groups is 2. The van der Waals surface area contributed by atoms with Crippen molar-refractivity contribution in [1.29, 1.82) is 0 Å². The van der Waals surface area contributed by atoms with Crippen LogP contribution in [0, 0.1) is 6.92 Å². The van der Waals surface area contributed by atoms with Gasteiger partial charge in [-0.25, -0.2) is 5.43 Å². The van der Waals surface area contributed by atoms with E-state index in [1.807, 2.05) is 25.1 Å². The molecule has 0 fully saturated rings. The van der Waals surface area contributed by atoms with Gasteiger partial charge in [-0.15, -0.1) is 11.3 Å². The molecule has 156 valence electrons. The molecule has 0 atom stereocenters. The fourth-order valence-electron chi connectivity index (χ4n) is 2.59. The molecule has 10 heteroatoms. The van der Waals surface area contributed by atoms with Gasteiger partial charge < -0.3 is 5.32 Å². The molecule has 0 radical (unpaired) electrons. The molecule has 0 saturated carbocycles. The smallest absolute Gasteiger partial charge is 0.318 e. The number of alkyl halides is 3. The number of nitrogens with one attached hydrogen (secondary N) is 2. The number of hydrogen-bond acceptors (Lipinski definition) is 4. The van der Waals surface area contributed by atoms with E-state index < -0.39 is 18.0 Å². The van der Waals surface area contributed by atoms with Gasteiger partial charge in [-0.3, -0.25) is 9.59 Å². The molecule has 30 heavy (non-hydrogen) atoms. The number of thiophene rings is 1. The van der Waals surface area contributed by atoms with E-state index in [4.69, 9.17) is 11.6 Å². The number of nitrogens with zero attached hydrogens (tertiary/aromatic N) is 1. The first-order valence-corrected chi connectivity index (χ1v) is 9.77. The highest BCUT2D eigenvalue weighted by molar-refractivity contribution is 7.21. The van der Waals surface area contributed by atoms with E-state index in [2.05, 4.69) is 10.5 Å². The first kappa shape index (κ1) is 21.8. The van der Waals surface area contributed by atoms with Crippen LogP contribution in [0.25, 0.3) is 10.1 Å². The fraction of sp³-hybridized carbons (Fsp3) is 0.150. The number of carbonyl (C=O) groups excluding carboxylic acids is 2. The molecule has 0 aliphatic rings. The van der Waals surface area contributed by atoms with Crippen LogP contribution in [-0.4, -0.2) is 23.7 Å². The summed E-state index contributed by atoms with van der Waals surface area (Å²) in [6.07, 6.45) is -4.99. The Morgan fingerprint density at radius 2 is 1.87 bits per heavy atom. The lowest BCUT2D eigenvalue weighted by molar-refractivity contribution is -0.167. The van der Waals surface area contributed by atoms with Crippen molar-refractivity contribution >= 4 is 56.2 Å². The highest BCUT2D eigenvalue weighted by atomic mass is 35.5. The molecule has 1 aromatic heterocycles. The molecule has 0 spiro atoms. The molecule has 0 bridgehead atoms. The van der Waals surface area contributed by atoms with Crippen LogP contribution in [0.4, 0.5) is 18.9 Å². The third-order valence-corrected chi connectivity index (χ3v) is 5.77.